The average Bonchev–Trinajstić information content (AvgIpc) is 2.29. The van der Waals surface area contributed by atoms with Gasteiger partial charge >= 0.3 is 12.4 Å². The average molecular weight is 315 g/mol. The predicted octanol–water partition coefficient (Wildman–Crippen LogP) is 1.47. The largest absolute Gasteiger partial charge is 0.836 e. The van der Waals surface area contributed by atoms with E-state index in [0.29, 0.717) is 0 Å². The van der Waals surface area contributed by atoms with Crippen molar-refractivity contribution in [2.24, 2.45) is 0 Å². The van der Waals surface area contributed by atoms with Gasteiger partial charge in [0.15, 0.2) is 18.2 Å². The maximum atomic E-state index is 12.4. The molecule has 0 bridgehead atoms. The first kappa shape index (κ1) is 17.4. The normalized spacial score (nSPS) is 13.3. The minimum Gasteiger partial charge on any atom is -0.836 e. The number of alkyl halides is 6. The number of halogens is 6. The number of hydrogen-bond donors (Lipinski definition) is 0. The Morgan fingerprint density at radius 3 is 1.90 bits per heavy atom. The zero-order valence-corrected chi connectivity index (χ0v) is 10.8. The Morgan fingerprint density at radius 1 is 1.10 bits per heavy atom. The van der Waals surface area contributed by atoms with E-state index >= 15 is 0 Å². The van der Waals surface area contributed by atoms with Gasteiger partial charge in [0.1, 0.15) is 0 Å². The first-order valence-electron chi connectivity index (χ1n) is 5.68. The fourth-order valence-corrected chi connectivity index (χ4v) is 1.54. The van der Waals surface area contributed by atoms with E-state index in [2.05, 4.69) is 0 Å². The van der Waals surface area contributed by atoms with Crippen molar-refractivity contribution in [3.63, 3.8) is 0 Å². The van der Waals surface area contributed by atoms with Crippen LogP contribution >= 0.6 is 0 Å². The highest BCUT2D eigenvalue weighted by molar-refractivity contribution is 5.78. The topological polar surface area (TPSA) is 44.0 Å². The number of carbonyl (C=O) groups is 1. The summed E-state index contributed by atoms with van der Waals surface area (Å²) in [6.45, 7) is 0.971. The van der Waals surface area contributed by atoms with Crippen LogP contribution in [0.2, 0.25) is 0 Å². The van der Waals surface area contributed by atoms with Gasteiger partial charge in [0.25, 0.3) is 0 Å². The maximum absolute atomic E-state index is 12.4. The Hall–Kier alpha value is -1.64. The standard InChI is InChI=1S/C12H11F6NO2/c1-8-2-4-19(5-3-8)7-9(20)6-10(21,11(13,14)15)12(16,17)18/h2-5H,6-7H2,1H3. The van der Waals surface area contributed by atoms with Crippen LogP contribution < -0.4 is 9.67 Å². The zero-order valence-electron chi connectivity index (χ0n) is 10.8. The molecule has 0 aromatic carbocycles. The summed E-state index contributed by atoms with van der Waals surface area (Å²) in [5, 5.41) is 11.1. The van der Waals surface area contributed by atoms with Crippen molar-refractivity contribution in [3.05, 3.63) is 30.1 Å². The van der Waals surface area contributed by atoms with E-state index in [1.54, 1.807) is 6.92 Å². The highest BCUT2D eigenvalue weighted by atomic mass is 19.4. The van der Waals surface area contributed by atoms with E-state index in [0.717, 1.165) is 10.1 Å². The number of hydrogen-bond acceptors (Lipinski definition) is 2. The Kier molecular flexibility index (Phi) is 4.66. The maximum Gasteiger partial charge on any atom is 0.388 e. The summed E-state index contributed by atoms with van der Waals surface area (Å²) in [5.41, 5.74) is -4.50. The highest BCUT2D eigenvalue weighted by Gasteiger charge is 2.62. The summed E-state index contributed by atoms with van der Waals surface area (Å²) in [7, 11) is 0. The molecule has 0 aliphatic heterocycles. The van der Waals surface area contributed by atoms with Gasteiger partial charge < -0.3 is 5.11 Å². The van der Waals surface area contributed by atoms with E-state index in [1.807, 2.05) is 0 Å². The predicted molar refractivity (Wildman–Crippen MR) is 55.8 cm³/mol. The van der Waals surface area contributed by atoms with Crippen LogP contribution in [0.1, 0.15) is 12.0 Å². The van der Waals surface area contributed by atoms with Crippen molar-refractivity contribution in [1.29, 1.82) is 0 Å². The summed E-state index contributed by atoms with van der Waals surface area (Å²) in [4.78, 5) is 11.4. The molecule has 0 spiro atoms. The Bertz CT molecular complexity index is 492. The lowest BCUT2D eigenvalue weighted by molar-refractivity contribution is -0.685. The Labute approximate surface area is 115 Å². The van der Waals surface area contributed by atoms with Gasteiger partial charge in [-0.15, -0.1) is 0 Å². The van der Waals surface area contributed by atoms with Crippen LogP contribution in [0.15, 0.2) is 24.5 Å². The van der Waals surface area contributed by atoms with Crippen LogP contribution in [0.4, 0.5) is 26.3 Å². The van der Waals surface area contributed by atoms with Crippen LogP contribution in [0.25, 0.3) is 0 Å². The summed E-state index contributed by atoms with van der Waals surface area (Å²) >= 11 is 0. The van der Waals surface area contributed by atoms with Crippen LogP contribution in [-0.2, 0) is 11.3 Å². The number of aromatic nitrogens is 1. The molecular weight excluding hydrogens is 304 g/mol. The molecule has 1 heterocycles. The zero-order chi connectivity index (χ0) is 16.5. The van der Waals surface area contributed by atoms with Gasteiger partial charge in [-0.25, -0.2) is 0 Å². The summed E-state index contributed by atoms with van der Waals surface area (Å²) in [6, 6.07) is 3.04. The number of ketones is 1. The van der Waals surface area contributed by atoms with E-state index in [9.17, 15) is 36.2 Å². The quantitative estimate of drug-likeness (QED) is 0.624. The number of nitrogens with zero attached hydrogens (tertiary/aromatic N) is 1. The molecule has 9 heteroatoms. The molecule has 118 valence electrons. The number of aryl methyl sites for hydroxylation is 1. The Morgan fingerprint density at radius 2 is 1.52 bits per heavy atom. The van der Waals surface area contributed by atoms with Gasteiger partial charge in [-0.2, -0.15) is 30.9 Å². The minimum absolute atomic E-state index is 0.740. The highest BCUT2D eigenvalue weighted by Crippen LogP contribution is 2.43. The van der Waals surface area contributed by atoms with Crippen LogP contribution in [-0.4, -0.2) is 23.7 Å². The van der Waals surface area contributed by atoms with E-state index in [-0.39, 0.29) is 0 Å². The molecule has 1 rings (SSSR count). The number of Topliss-reactive ketones (excluding diaryl/α,β-unsaturated/α-hetero) is 1. The molecule has 0 aliphatic rings. The smallest absolute Gasteiger partial charge is 0.388 e. The summed E-state index contributed by atoms with van der Waals surface area (Å²) < 4.78 is 75.3. The van der Waals surface area contributed by atoms with E-state index in [1.165, 1.54) is 24.5 Å². The van der Waals surface area contributed by atoms with Crippen LogP contribution in [0.5, 0.6) is 0 Å². The van der Waals surface area contributed by atoms with Gasteiger partial charge in [0.05, 0.1) is 5.60 Å². The molecule has 0 radical (unpaired) electrons. The fourth-order valence-electron chi connectivity index (χ4n) is 1.54. The number of carbonyl (C=O) groups excluding carboxylic acids is 1. The molecular formula is C12H11F6NO2. The second-order valence-corrected chi connectivity index (χ2v) is 4.59. The van der Waals surface area contributed by atoms with Crippen molar-refractivity contribution < 1.29 is 40.8 Å². The number of pyridine rings is 1. The Balaban J connectivity index is 2.90. The van der Waals surface area contributed by atoms with Crippen LogP contribution in [0, 0.1) is 6.92 Å². The summed E-state index contributed by atoms with van der Waals surface area (Å²) in [5.74, 6) is -1.45. The summed E-state index contributed by atoms with van der Waals surface area (Å²) in [6.07, 6.45) is -11.7. The third kappa shape index (κ3) is 3.93. The van der Waals surface area contributed by atoms with Crippen molar-refractivity contribution in [2.75, 3.05) is 0 Å². The fraction of sp³-hybridized carbons (Fsp3) is 0.500. The second-order valence-electron chi connectivity index (χ2n) is 4.59. The lowest BCUT2D eigenvalue weighted by Crippen LogP contribution is -2.67. The van der Waals surface area contributed by atoms with Gasteiger partial charge in [0, 0.05) is 18.6 Å². The number of rotatable bonds is 4. The first-order valence-corrected chi connectivity index (χ1v) is 5.68. The van der Waals surface area contributed by atoms with Crippen molar-refractivity contribution in [3.8, 4) is 0 Å². The van der Waals surface area contributed by atoms with E-state index < -0.39 is 36.7 Å². The molecule has 1 aromatic rings. The van der Waals surface area contributed by atoms with Gasteiger partial charge in [-0.05, 0) is 12.5 Å². The molecule has 0 N–H and O–H groups in total. The van der Waals surface area contributed by atoms with Gasteiger partial charge in [0.2, 0.25) is 6.54 Å². The van der Waals surface area contributed by atoms with E-state index in [4.69, 9.17) is 0 Å². The molecule has 21 heavy (non-hydrogen) atoms. The lowest BCUT2D eigenvalue weighted by Gasteiger charge is -2.42. The molecule has 0 unspecified atom stereocenters. The second kappa shape index (κ2) is 5.63. The first-order chi connectivity index (χ1) is 9.37. The molecule has 0 fully saturated rings. The molecule has 0 aliphatic carbocycles. The third-order valence-corrected chi connectivity index (χ3v) is 2.78. The molecule has 0 saturated heterocycles. The molecule has 3 nitrogen and oxygen atoms in total. The van der Waals surface area contributed by atoms with Crippen molar-refractivity contribution in [2.45, 2.75) is 37.8 Å². The van der Waals surface area contributed by atoms with Gasteiger partial charge in [-0.1, -0.05) is 0 Å². The van der Waals surface area contributed by atoms with Crippen molar-refractivity contribution in [1.82, 2.24) is 0 Å². The molecule has 0 amide bonds. The monoisotopic (exact) mass is 315 g/mol. The van der Waals surface area contributed by atoms with Gasteiger partial charge in [-0.3, -0.25) is 4.79 Å². The molecule has 0 atom stereocenters. The SMILES string of the molecule is Cc1cc[n+](CC(=O)CC([O-])(C(F)(F)F)C(F)(F)F)cc1. The third-order valence-electron chi connectivity index (χ3n) is 2.78. The lowest BCUT2D eigenvalue weighted by atomic mass is 9.95. The molecule has 1 aromatic heterocycles. The van der Waals surface area contributed by atoms with Crippen molar-refractivity contribution >= 4 is 5.78 Å². The molecule has 0 saturated carbocycles. The minimum atomic E-state index is -6.10. The van der Waals surface area contributed by atoms with Crippen LogP contribution in [0.3, 0.4) is 0 Å².